The summed E-state index contributed by atoms with van der Waals surface area (Å²) in [6.45, 7) is 1.28. The van der Waals surface area contributed by atoms with Crippen molar-refractivity contribution in [3.05, 3.63) is 28.2 Å². The maximum atomic E-state index is 11.9. The standard InChI is InChI=1S/C12H15BrN2O3/c1-18-10-3-2-8(4-9(10)13)11(16)15-7-12(17)5-14-6-12/h2-4,14,17H,5-7H2,1H3,(H,15,16). The highest BCUT2D eigenvalue weighted by molar-refractivity contribution is 9.10. The molecule has 6 heteroatoms. The Hall–Kier alpha value is -1.11. The minimum atomic E-state index is -0.806. The van der Waals surface area contributed by atoms with Gasteiger partial charge in [0.2, 0.25) is 0 Å². The van der Waals surface area contributed by atoms with Crippen molar-refractivity contribution in [2.45, 2.75) is 5.60 Å². The van der Waals surface area contributed by atoms with Crippen molar-refractivity contribution in [1.29, 1.82) is 0 Å². The van der Waals surface area contributed by atoms with Gasteiger partial charge in [0, 0.05) is 25.2 Å². The van der Waals surface area contributed by atoms with Gasteiger partial charge in [-0.15, -0.1) is 0 Å². The van der Waals surface area contributed by atoms with Crippen LogP contribution in [-0.2, 0) is 0 Å². The molecule has 0 bridgehead atoms. The summed E-state index contributed by atoms with van der Waals surface area (Å²) in [4.78, 5) is 11.9. The molecule has 1 heterocycles. The van der Waals surface area contributed by atoms with E-state index in [9.17, 15) is 9.90 Å². The Labute approximate surface area is 114 Å². The Bertz CT molecular complexity index is 461. The number of aliphatic hydroxyl groups is 1. The number of ether oxygens (including phenoxy) is 1. The fraction of sp³-hybridized carbons (Fsp3) is 0.417. The normalized spacial score (nSPS) is 16.8. The Morgan fingerprint density at radius 3 is 2.83 bits per heavy atom. The molecular weight excluding hydrogens is 300 g/mol. The van der Waals surface area contributed by atoms with Crippen LogP contribution < -0.4 is 15.4 Å². The first-order valence-electron chi connectivity index (χ1n) is 5.59. The van der Waals surface area contributed by atoms with E-state index in [2.05, 4.69) is 26.6 Å². The third-order valence-electron chi connectivity index (χ3n) is 2.90. The van der Waals surface area contributed by atoms with Crippen molar-refractivity contribution in [2.75, 3.05) is 26.7 Å². The van der Waals surface area contributed by atoms with Gasteiger partial charge < -0.3 is 20.5 Å². The number of β-amino-alcohol motifs (C(OH)–C–C–N with tert-alkyl or cyclic N) is 1. The van der Waals surface area contributed by atoms with Gasteiger partial charge in [0.25, 0.3) is 5.91 Å². The van der Waals surface area contributed by atoms with E-state index in [4.69, 9.17) is 4.74 Å². The number of nitrogens with one attached hydrogen (secondary N) is 2. The van der Waals surface area contributed by atoms with Crippen molar-refractivity contribution in [3.63, 3.8) is 0 Å². The average molecular weight is 315 g/mol. The van der Waals surface area contributed by atoms with Gasteiger partial charge in [-0.2, -0.15) is 0 Å². The molecule has 0 radical (unpaired) electrons. The fourth-order valence-electron chi connectivity index (χ4n) is 1.69. The third kappa shape index (κ3) is 2.82. The molecule has 0 atom stereocenters. The molecule has 1 amide bonds. The fourth-order valence-corrected chi connectivity index (χ4v) is 2.23. The minimum absolute atomic E-state index is 0.210. The molecule has 0 saturated carbocycles. The molecule has 1 saturated heterocycles. The van der Waals surface area contributed by atoms with Crippen LogP contribution in [0.3, 0.4) is 0 Å². The summed E-state index contributed by atoms with van der Waals surface area (Å²) in [6, 6.07) is 5.10. The summed E-state index contributed by atoms with van der Waals surface area (Å²) in [5.41, 5.74) is -0.280. The highest BCUT2D eigenvalue weighted by Crippen LogP contribution is 2.25. The number of hydrogen-bond donors (Lipinski definition) is 3. The average Bonchev–Trinajstić information content (AvgIpc) is 2.33. The van der Waals surface area contributed by atoms with Crippen LogP contribution in [0.2, 0.25) is 0 Å². The summed E-state index contributed by atoms with van der Waals surface area (Å²) in [5, 5.41) is 15.5. The second kappa shape index (κ2) is 5.26. The lowest BCUT2D eigenvalue weighted by molar-refractivity contribution is -0.00759. The van der Waals surface area contributed by atoms with E-state index in [-0.39, 0.29) is 12.5 Å². The van der Waals surface area contributed by atoms with E-state index in [0.29, 0.717) is 24.4 Å². The molecule has 1 aromatic rings. The maximum absolute atomic E-state index is 11.9. The monoisotopic (exact) mass is 314 g/mol. The van der Waals surface area contributed by atoms with Crippen molar-refractivity contribution < 1.29 is 14.6 Å². The first kappa shape index (κ1) is 13.3. The number of methoxy groups -OCH3 is 1. The zero-order valence-corrected chi connectivity index (χ0v) is 11.6. The van der Waals surface area contributed by atoms with Gasteiger partial charge in [0.05, 0.1) is 11.6 Å². The minimum Gasteiger partial charge on any atom is -0.496 e. The number of rotatable bonds is 4. The highest BCUT2D eigenvalue weighted by Gasteiger charge is 2.34. The molecule has 18 heavy (non-hydrogen) atoms. The first-order valence-corrected chi connectivity index (χ1v) is 6.38. The van der Waals surface area contributed by atoms with Crippen molar-refractivity contribution >= 4 is 21.8 Å². The van der Waals surface area contributed by atoms with Crippen molar-refractivity contribution in [1.82, 2.24) is 10.6 Å². The van der Waals surface area contributed by atoms with Crippen LogP contribution in [-0.4, -0.2) is 43.4 Å². The molecule has 0 spiro atoms. The number of hydrogen-bond acceptors (Lipinski definition) is 4. The van der Waals surface area contributed by atoms with Gasteiger partial charge >= 0.3 is 0 Å². The van der Waals surface area contributed by atoms with Crippen LogP contribution in [0.25, 0.3) is 0 Å². The lowest BCUT2D eigenvalue weighted by atomic mass is 9.97. The van der Waals surface area contributed by atoms with E-state index >= 15 is 0 Å². The molecule has 1 aromatic carbocycles. The molecule has 5 nitrogen and oxygen atoms in total. The number of carbonyl (C=O) groups excluding carboxylic acids is 1. The van der Waals surface area contributed by atoms with Crippen LogP contribution >= 0.6 is 15.9 Å². The van der Waals surface area contributed by atoms with Crippen LogP contribution in [0, 0.1) is 0 Å². The molecule has 1 aliphatic rings. The summed E-state index contributed by atoms with van der Waals surface area (Å²) in [7, 11) is 1.57. The van der Waals surface area contributed by atoms with Crippen LogP contribution in [0.4, 0.5) is 0 Å². The zero-order chi connectivity index (χ0) is 13.2. The quantitative estimate of drug-likeness (QED) is 0.758. The SMILES string of the molecule is COc1ccc(C(=O)NCC2(O)CNC2)cc1Br. The van der Waals surface area contributed by atoms with E-state index in [1.807, 2.05) is 0 Å². The number of halogens is 1. The van der Waals surface area contributed by atoms with Crippen LogP contribution in [0.15, 0.2) is 22.7 Å². The molecule has 98 valence electrons. The molecule has 3 N–H and O–H groups in total. The van der Waals surface area contributed by atoms with E-state index in [1.54, 1.807) is 25.3 Å². The molecule has 0 aromatic heterocycles. The largest absolute Gasteiger partial charge is 0.496 e. The van der Waals surface area contributed by atoms with E-state index in [0.717, 1.165) is 4.47 Å². The summed E-state index contributed by atoms with van der Waals surface area (Å²) < 4.78 is 5.82. The molecular formula is C12H15BrN2O3. The van der Waals surface area contributed by atoms with Crippen molar-refractivity contribution in [2.24, 2.45) is 0 Å². The smallest absolute Gasteiger partial charge is 0.251 e. The third-order valence-corrected chi connectivity index (χ3v) is 3.52. The Morgan fingerprint density at radius 1 is 1.61 bits per heavy atom. The lowest BCUT2D eigenvalue weighted by Gasteiger charge is -2.37. The number of benzene rings is 1. The van der Waals surface area contributed by atoms with Gasteiger partial charge in [-0.1, -0.05) is 0 Å². The molecule has 1 fully saturated rings. The van der Waals surface area contributed by atoms with Gasteiger partial charge in [-0.25, -0.2) is 0 Å². The summed E-state index contributed by atoms with van der Waals surface area (Å²) in [6.07, 6.45) is 0. The molecule has 0 aliphatic carbocycles. The summed E-state index contributed by atoms with van der Waals surface area (Å²) >= 11 is 3.33. The maximum Gasteiger partial charge on any atom is 0.251 e. The second-order valence-electron chi connectivity index (χ2n) is 4.36. The Morgan fingerprint density at radius 2 is 2.33 bits per heavy atom. The highest BCUT2D eigenvalue weighted by atomic mass is 79.9. The van der Waals surface area contributed by atoms with Gasteiger partial charge in [0.15, 0.2) is 0 Å². The van der Waals surface area contributed by atoms with Crippen LogP contribution in [0.5, 0.6) is 5.75 Å². The zero-order valence-electron chi connectivity index (χ0n) is 10.00. The van der Waals surface area contributed by atoms with E-state index < -0.39 is 5.60 Å². The molecule has 0 unspecified atom stereocenters. The predicted octanol–water partition coefficient (Wildman–Crippen LogP) is 0.522. The van der Waals surface area contributed by atoms with Gasteiger partial charge in [0.1, 0.15) is 11.4 Å². The topological polar surface area (TPSA) is 70.6 Å². The van der Waals surface area contributed by atoms with Gasteiger partial charge in [-0.05, 0) is 34.1 Å². The molecule has 2 rings (SSSR count). The molecule has 1 aliphatic heterocycles. The first-order chi connectivity index (χ1) is 8.54. The predicted molar refractivity (Wildman–Crippen MR) is 70.8 cm³/mol. The van der Waals surface area contributed by atoms with Crippen molar-refractivity contribution in [3.8, 4) is 5.75 Å². The number of amides is 1. The Balaban J connectivity index is 1.98. The van der Waals surface area contributed by atoms with Gasteiger partial charge in [-0.3, -0.25) is 4.79 Å². The second-order valence-corrected chi connectivity index (χ2v) is 5.21. The van der Waals surface area contributed by atoms with Crippen LogP contribution in [0.1, 0.15) is 10.4 Å². The van der Waals surface area contributed by atoms with E-state index in [1.165, 1.54) is 0 Å². The lowest BCUT2D eigenvalue weighted by Crippen LogP contribution is -2.64. The Kier molecular flexibility index (Phi) is 3.89. The number of carbonyl (C=O) groups is 1. The summed E-state index contributed by atoms with van der Waals surface area (Å²) in [5.74, 6) is 0.465.